The molecule has 9 heteroatoms. The Labute approximate surface area is 101 Å². The largest absolute Gasteiger partial charge is 0.419 e. The van der Waals surface area contributed by atoms with Crippen LogP contribution in [-0.2, 0) is 16.2 Å². The molecule has 0 spiro atoms. The first-order valence-electron chi connectivity index (χ1n) is 4.75. The van der Waals surface area contributed by atoms with E-state index < -0.39 is 32.5 Å². The van der Waals surface area contributed by atoms with Gasteiger partial charge in [-0.15, -0.1) is 0 Å². The van der Waals surface area contributed by atoms with E-state index in [0.29, 0.717) is 6.07 Å². The van der Waals surface area contributed by atoms with Gasteiger partial charge in [0.2, 0.25) is 10.0 Å². The topological polar surface area (TPSA) is 72.2 Å². The number of hydrogen-bond acceptors (Lipinski definition) is 3. The number of alkyl halides is 3. The molecule has 1 rings (SSSR count). The minimum absolute atomic E-state index is 0.00739. The second-order valence-corrected chi connectivity index (χ2v) is 5.09. The first kappa shape index (κ1) is 14.9. The monoisotopic (exact) mass is 286 g/mol. The lowest BCUT2D eigenvalue weighted by Gasteiger charge is -2.10. The highest BCUT2D eigenvalue weighted by Gasteiger charge is 2.35. The Morgan fingerprint density at radius 3 is 2.39 bits per heavy atom. The SMILES string of the molecule is NCCNS(=O)(=O)c1ccc(F)c(C(F)(F)F)c1. The molecule has 1 aromatic carbocycles. The van der Waals surface area contributed by atoms with Crippen LogP contribution in [0.3, 0.4) is 0 Å². The summed E-state index contributed by atoms with van der Waals surface area (Å²) in [5.41, 5.74) is 3.44. The number of hydrogen-bond donors (Lipinski definition) is 2. The molecule has 18 heavy (non-hydrogen) atoms. The van der Waals surface area contributed by atoms with Gasteiger partial charge in [-0.1, -0.05) is 0 Å². The Hall–Kier alpha value is -1.19. The van der Waals surface area contributed by atoms with Crippen molar-refractivity contribution in [3.63, 3.8) is 0 Å². The molecule has 0 unspecified atom stereocenters. The van der Waals surface area contributed by atoms with Crippen LogP contribution in [-0.4, -0.2) is 21.5 Å². The maximum atomic E-state index is 13.0. The van der Waals surface area contributed by atoms with Gasteiger partial charge in [0.25, 0.3) is 0 Å². The van der Waals surface area contributed by atoms with Crippen LogP contribution in [0.15, 0.2) is 23.1 Å². The number of nitrogens with two attached hydrogens (primary N) is 1. The van der Waals surface area contributed by atoms with Crippen LogP contribution in [0, 0.1) is 5.82 Å². The van der Waals surface area contributed by atoms with Gasteiger partial charge in [-0.2, -0.15) is 13.2 Å². The Bertz CT molecular complexity index is 528. The highest BCUT2D eigenvalue weighted by molar-refractivity contribution is 7.89. The minimum atomic E-state index is -4.95. The molecular formula is C9H10F4N2O2S. The molecule has 3 N–H and O–H groups in total. The summed E-state index contributed by atoms with van der Waals surface area (Å²) in [4.78, 5) is -0.662. The molecule has 0 aromatic heterocycles. The third-order valence-corrected chi connectivity index (χ3v) is 3.45. The summed E-state index contributed by atoms with van der Waals surface area (Å²) >= 11 is 0. The molecule has 0 fully saturated rings. The van der Waals surface area contributed by atoms with E-state index in [1.807, 2.05) is 4.72 Å². The fraction of sp³-hybridized carbons (Fsp3) is 0.333. The molecule has 0 saturated carbocycles. The smallest absolute Gasteiger partial charge is 0.329 e. The van der Waals surface area contributed by atoms with Crippen molar-refractivity contribution in [2.75, 3.05) is 13.1 Å². The summed E-state index contributed by atoms with van der Waals surface area (Å²) < 4.78 is 75.2. The summed E-state index contributed by atoms with van der Waals surface area (Å²) in [5.74, 6) is -1.53. The molecule has 4 nitrogen and oxygen atoms in total. The summed E-state index contributed by atoms with van der Waals surface area (Å²) in [6, 6.07) is 1.46. The summed E-state index contributed by atoms with van der Waals surface area (Å²) in [5, 5.41) is 0. The zero-order valence-electron chi connectivity index (χ0n) is 8.96. The van der Waals surface area contributed by atoms with Crippen LogP contribution in [0.5, 0.6) is 0 Å². The highest BCUT2D eigenvalue weighted by atomic mass is 32.2. The van der Waals surface area contributed by atoms with E-state index in [1.165, 1.54) is 0 Å². The van der Waals surface area contributed by atoms with Crippen LogP contribution >= 0.6 is 0 Å². The molecule has 0 heterocycles. The fourth-order valence-corrected chi connectivity index (χ4v) is 2.24. The van der Waals surface area contributed by atoms with Crippen molar-refractivity contribution in [1.29, 1.82) is 0 Å². The normalized spacial score (nSPS) is 12.7. The quantitative estimate of drug-likeness (QED) is 0.814. The summed E-state index contributed by atoms with van der Waals surface area (Å²) in [6.45, 7) is -0.131. The number of rotatable bonds is 4. The number of benzene rings is 1. The molecular weight excluding hydrogens is 276 g/mol. The first-order chi connectivity index (χ1) is 8.18. The van der Waals surface area contributed by atoms with Crippen molar-refractivity contribution < 1.29 is 26.0 Å². The number of nitrogens with one attached hydrogen (secondary N) is 1. The number of sulfonamides is 1. The average molecular weight is 286 g/mol. The van der Waals surface area contributed by atoms with E-state index >= 15 is 0 Å². The van der Waals surface area contributed by atoms with E-state index in [-0.39, 0.29) is 19.2 Å². The van der Waals surface area contributed by atoms with Gasteiger partial charge in [-0.05, 0) is 18.2 Å². The van der Waals surface area contributed by atoms with Crippen molar-refractivity contribution in [2.45, 2.75) is 11.1 Å². The molecule has 0 amide bonds. The maximum absolute atomic E-state index is 13.0. The highest BCUT2D eigenvalue weighted by Crippen LogP contribution is 2.32. The predicted octanol–water partition coefficient (Wildman–Crippen LogP) is 1.08. The molecule has 0 saturated heterocycles. The Morgan fingerprint density at radius 2 is 1.89 bits per heavy atom. The van der Waals surface area contributed by atoms with Crippen LogP contribution < -0.4 is 10.5 Å². The van der Waals surface area contributed by atoms with Crippen molar-refractivity contribution in [3.05, 3.63) is 29.6 Å². The number of halogens is 4. The van der Waals surface area contributed by atoms with E-state index in [1.54, 1.807) is 0 Å². The summed E-state index contributed by atoms with van der Waals surface area (Å²) in [7, 11) is -4.12. The van der Waals surface area contributed by atoms with Gasteiger partial charge >= 0.3 is 6.18 Å². The van der Waals surface area contributed by atoms with Gasteiger partial charge in [0.05, 0.1) is 10.5 Å². The third-order valence-electron chi connectivity index (χ3n) is 1.99. The van der Waals surface area contributed by atoms with Crippen LogP contribution in [0.25, 0.3) is 0 Å². The van der Waals surface area contributed by atoms with Gasteiger partial charge in [0.1, 0.15) is 5.82 Å². The lowest BCUT2D eigenvalue weighted by Crippen LogP contribution is -2.29. The second kappa shape index (κ2) is 5.21. The average Bonchev–Trinajstić information content (AvgIpc) is 2.25. The van der Waals surface area contributed by atoms with E-state index in [4.69, 9.17) is 5.73 Å². The molecule has 0 aliphatic rings. The molecule has 0 atom stereocenters. The maximum Gasteiger partial charge on any atom is 0.419 e. The standard InChI is InChI=1S/C9H10F4N2O2S/c10-8-2-1-6(5-7(8)9(11,12)13)18(16,17)15-4-3-14/h1-2,5,15H,3-4,14H2. The van der Waals surface area contributed by atoms with Gasteiger partial charge in [-0.3, -0.25) is 0 Å². The lowest BCUT2D eigenvalue weighted by molar-refractivity contribution is -0.140. The third kappa shape index (κ3) is 3.40. The molecule has 1 aromatic rings. The van der Waals surface area contributed by atoms with Crippen molar-refractivity contribution in [3.8, 4) is 0 Å². The van der Waals surface area contributed by atoms with E-state index in [0.717, 1.165) is 6.07 Å². The molecule has 0 aliphatic carbocycles. The minimum Gasteiger partial charge on any atom is -0.329 e. The van der Waals surface area contributed by atoms with Crippen molar-refractivity contribution in [1.82, 2.24) is 4.72 Å². The van der Waals surface area contributed by atoms with Gasteiger partial charge in [-0.25, -0.2) is 17.5 Å². The molecule has 102 valence electrons. The summed E-state index contributed by atoms with van der Waals surface area (Å²) in [6.07, 6.45) is -4.95. The van der Waals surface area contributed by atoms with Crippen molar-refractivity contribution in [2.24, 2.45) is 5.73 Å². The van der Waals surface area contributed by atoms with Crippen LogP contribution in [0.1, 0.15) is 5.56 Å². The van der Waals surface area contributed by atoms with E-state index in [2.05, 4.69) is 0 Å². The zero-order valence-corrected chi connectivity index (χ0v) is 9.78. The van der Waals surface area contributed by atoms with Gasteiger partial charge in [0.15, 0.2) is 0 Å². The molecule has 0 bridgehead atoms. The van der Waals surface area contributed by atoms with Gasteiger partial charge < -0.3 is 5.73 Å². The Kier molecular flexibility index (Phi) is 4.30. The molecule has 0 radical (unpaired) electrons. The fourth-order valence-electron chi connectivity index (χ4n) is 1.17. The van der Waals surface area contributed by atoms with E-state index in [9.17, 15) is 26.0 Å². The Balaban J connectivity index is 3.21. The lowest BCUT2D eigenvalue weighted by atomic mass is 10.2. The first-order valence-corrected chi connectivity index (χ1v) is 6.23. The Morgan fingerprint density at radius 1 is 1.28 bits per heavy atom. The molecule has 0 aliphatic heterocycles. The van der Waals surface area contributed by atoms with Crippen LogP contribution in [0.4, 0.5) is 17.6 Å². The predicted molar refractivity (Wildman–Crippen MR) is 55.6 cm³/mol. The van der Waals surface area contributed by atoms with Crippen LogP contribution in [0.2, 0.25) is 0 Å². The second-order valence-electron chi connectivity index (χ2n) is 3.33. The zero-order chi connectivity index (χ0) is 14.0. The van der Waals surface area contributed by atoms with Gasteiger partial charge in [0, 0.05) is 13.1 Å². The van der Waals surface area contributed by atoms with Crippen molar-refractivity contribution >= 4 is 10.0 Å².